The molecule has 7 nitrogen and oxygen atoms in total. The summed E-state index contributed by atoms with van der Waals surface area (Å²) in [5.41, 5.74) is 0.0815. The van der Waals surface area contributed by atoms with Gasteiger partial charge >= 0.3 is 5.97 Å². The van der Waals surface area contributed by atoms with Crippen molar-refractivity contribution >= 4 is 21.7 Å². The molecule has 0 fully saturated rings. The monoisotopic (exact) mass is 286 g/mol. The fourth-order valence-electron chi connectivity index (χ4n) is 1.29. The molecule has 104 valence electrons. The maximum absolute atomic E-state index is 11.6. The number of aromatic nitrogens is 1. The smallest absolute Gasteiger partial charge is 0.354 e. The van der Waals surface area contributed by atoms with Crippen molar-refractivity contribution in [2.45, 2.75) is 6.42 Å². The lowest BCUT2D eigenvalue weighted by Crippen LogP contribution is -2.26. The highest BCUT2D eigenvalue weighted by molar-refractivity contribution is 7.90. The third-order valence-electron chi connectivity index (χ3n) is 2.22. The molecule has 0 saturated carbocycles. The first-order valence-corrected chi connectivity index (χ1v) is 7.51. The zero-order valence-corrected chi connectivity index (χ0v) is 11.1. The van der Waals surface area contributed by atoms with Crippen molar-refractivity contribution in [3.63, 3.8) is 0 Å². The summed E-state index contributed by atoms with van der Waals surface area (Å²) in [6.07, 6.45) is 2.62. The van der Waals surface area contributed by atoms with E-state index in [4.69, 9.17) is 5.11 Å². The Labute approximate surface area is 110 Å². The van der Waals surface area contributed by atoms with Crippen LogP contribution in [0.25, 0.3) is 0 Å². The Bertz CT molecular complexity index is 565. The molecular weight excluding hydrogens is 272 g/mol. The van der Waals surface area contributed by atoms with Gasteiger partial charge in [-0.3, -0.25) is 4.79 Å². The Balaban J connectivity index is 2.48. The SMILES string of the molecule is CS(=O)(=O)CCCNC(=O)c1ccc(C(=O)O)nc1. The molecule has 0 radical (unpaired) electrons. The highest BCUT2D eigenvalue weighted by Gasteiger charge is 2.09. The van der Waals surface area contributed by atoms with Crippen LogP contribution in [0.3, 0.4) is 0 Å². The number of amides is 1. The van der Waals surface area contributed by atoms with Crippen LogP contribution in [0, 0.1) is 0 Å². The zero-order chi connectivity index (χ0) is 14.5. The predicted octanol–water partition coefficient (Wildman–Crippen LogP) is -0.0557. The minimum atomic E-state index is -3.03. The van der Waals surface area contributed by atoms with Gasteiger partial charge in [0.05, 0.1) is 11.3 Å². The first kappa shape index (κ1) is 15.1. The molecule has 0 unspecified atom stereocenters. The summed E-state index contributed by atoms with van der Waals surface area (Å²) < 4.78 is 21.7. The Morgan fingerprint density at radius 1 is 1.37 bits per heavy atom. The molecule has 19 heavy (non-hydrogen) atoms. The van der Waals surface area contributed by atoms with Crippen LogP contribution >= 0.6 is 0 Å². The van der Waals surface area contributed by atoms with Gasteiger partial charge in [0.2, 0.25) is 0 Å². The number of carboxylic acids is 1. The molecule has 0 saturated heterocycles. The summed E-state index contributed by atoms with van der Waals surface area (Å²) in [5, 5.41) is 11.2. The first-order valence-electron chi connectivity index (χ1n) is 5.45. The quantitative estimate of drug-likeness (QED) is 0.708. The normalized spacial score (nSPS) is 11.0. The largest absolute Gasteiger partial charge is 0.477 e. The van der Waals surface area contributed by atoms with Crippen molar-refractivity contribution in [2.75, 3.05) is 18.6 Å². The Hall–Kier alpha value is -1.96. The maximum atomic E-state index is 11.6. The molecule has 1 amide bonds. The van der Waals surface area contributed by atoms with Crippen molar-refractivity contribution < 1.29 is 23.1 Å². The molecule has 8 heteroatoms. The summed E-state index contributed by atoms with van der Waals surface area (Å²) in [4.78, 5) is 25.8. The fourth-order valence-corrected chi connectivity index (χ4v) is 1.96. The van der Waals surface area contributed by atoms with Crippen molar-refractivity contribution in [3.8, 4) is 0 Å². The summed E-state index contributed by atoms with van der Waals surface area (Å²) >= 11 is 0. The van der Waals surface area contributed by atoms with Gasteiger partial charge in [0, 0.05) is 19.0 Å². The van der Waals surface area contributed by atoms with Crippen LogP contribution in [0.2, 0.25) is 0 Å². The van der Waals surface area contributed by atoms with E-state index < -0.39 is 21.7 Å². The lowest BCUT2D eigenvalue weighted by atomic mass is 10.2. The molecular formula is C11H14N2O5S. The van der Waals surface area contributed by atoms with E-state index in [1.54, 1.807) is 0 Å². The van der Waals surface area contributed by atoms with E-state index in [-0.39, 0.29) is 23.6 Å². The predicted molar refractivity (Wildman–Crippen MR) is 67.9 cm³/mol. The van der Waals surface area contributed by atoms with Crippen LogP contribution < -0.4 is 5.32 Å². The van der Waals surface area contributed by atoms with Gasteiger partial charge in [-0.1, -0.05) is 0 Å². The van der Waals surface area contributed by atoms with Crippen LogP contribution in [-0.4, -0.2) is 48.9 Å². The van der Waals surface area contributed by atoms with Crippen LogP contribution in [0.4, 0.5) is 0 Å². The molecule has 2 N–H and O–H groups in total. The lowest BCUT2D eigenvalue weighted by molar-refractivity contribution is 0.0689. The van der Waals surface area contributed by atoms with E-state index in [9.17, 15) is 18.0 Å². The molecule has 0 atom stereocenters. The molecule has 0 spiro atoms. The molecule has 1 rings (SSSR count). The number of pyridine rings is 1. The number of carbonyl (C=O) groups is 2. The number of hydrogen-bond donors (Lipinski definition) is 2. The van der Waals surface area contributed by atoms with Crippen molar-refractivity contribution in [3.05, 3.63) is 29.6 Å². The van der Waals surface area contributed by atoms with Gasteiger partial charge in [-0.2, -0.15) is 0 Å². The Morgan fingerprint density at radius 2 is 2.05 bits per heavy atom. The molecule has 0 aliphatic carbocycles. The van der Waals surface area contributed by atoms with E-state index in [0.29, 0.717) is 6.42 Å². The number of sulfone groups is 1. The zero-order valence-electron chi connectivity index (χ0n) is 10.3. The molecule has 0 aliphatic heterocycles. The third-order valence-corrected chi connectivity index (χ3v) is 3.25. The number of aromatic carboxylic acids is 1. The van der Waals surface area contributed by atoms with Gasteiger partial charge in [0.15, 0.2) is 0 Å². The highest BCUT2D eigenvalue weighted by Crippen LogP contribution is 2.00. The second-order valence-electron chi connectivity index (χ2n) is 3.98. The van der Waals surface area contributed by atoms with Gasteiger partial charge < -0.3 is 10.4 Å². The van der Waals surface area contributed by atoms with Gasteiger partial charge in [0.25, 0.3) is 5.91 Å². The molecule has 1 aromatic rings. The van der Waals surface area contributed by atoms with Gasteiger partial charge in [-0.05, 0) is 18.6 Å². The van der Waals surface area contributed by atoms with Crippen LogP contribution in [0.1, 0.15) is 27.3 Å². The van der Waals surface area contributed by atoms with Gasteiger partial charge in [-0.15, -0.1) is 0 Å². The average molecular weight is 286 g/mol. The number of hydrogen-bond acceptors (Lipinski definition) is 5. The molecule has 0 bridgehead atoms. The molecule has 0 aliphatic rings. The molecule has 1 aromatic heterocycles. The summed E-state index contributed by atoms with van der Waals surface area (Å²) in [7, 11) is -3.03. The van der Waals surface area contributed by atoms with Crippen LogP contribution in [-0.2, 0) is 9.84 Å². The number of nitrogens with one attached hydrogen (secondary N) is 1. The van der Waals surface area contributed by atoms with E-state index in [1.165, 1.54) is 12.1 Å². The van der Waals surface area contributed by atoms with Gasteiger partial charge in [0.1, 0.15) is 15.5 Å². The van der Waals surface area contributed by atoms with Crippen molar-refractivity contribution in [1.82, 2.24) is 10.3 Å². The van der Waals surface area contributed by atoms with Crippen molar-refractivity contribution in [2.24, 2.45) is 0 Å². The average Bonchev–Trinajstić information content (AvgIpc) is 2.33. The number of carbonyl (C=O) groups excluding carboxylic acids is 1. The van der Waals surface area contributed by atoms with E-state index in [2.05, 4.69) is 10.3 Å². The van der Waals surface area contributed by atoms with E-state index in [0.717, 1.165) is 12.5 Å². The minimum absolute atomic E-state index is 0.00345. The van der Waals surface area contributed by atoms with Crippen LogP contribution in [0.15, 0.2) is 18.3 Å². The van der Waals surface area contributed by atoms with Gasteiger partial charge in [-0.25, -0.2) is 18.2 Å². The second kappa shape index (κ2) is 6.28. The van der Waals surface area contributed by atoms with E-state index >= 15 is 0 Å². The molecule has 0 aromatic carbocycles. The second-order valence-corrected chi connectivity index (χ2v) is 6.24. The standard InChI is InChI=1S/C11H14N2O5S/c1-19(17,18)6-2-5-12-10(14)8-3-4-9(11(15)16)13-7-8/h3-4,7H,2,5-6H2,1H3,(H,12,14)(H,15,16). The Kier molecular flexibility index (Phi) is 4.99. The summed E-state index contributed by atoms with van der Waals surface area (Å²) in [6, 6.07) is 2.58. The lowest BCUT2D eigenvalue weighted by Gasteiger charge is -2.04. The minimum Gasteiger partial charge on any atom is -0.477 e. The molecule has 1 heterocycles. The summed E-state index contributed by atoms with van der Waals surface area (Å²) in [5.74, 6) is -1.58. The topological polar surface area (TPSA) is 113 Å². The highest BCUT2D eigenvalue weighted by atomic mass is 32.2. The fraction of sp³-hybridized carbons (Fsp3) is 0.364. The van der Waals surface area contributed by atoms with Crippen molar-refractivity contribution in [1.29, 1.82) is 0 Å². The Morgan fingerprint density at radius 3 is 2.53 bits per heavy atom. The van der Waals surface area contributed by atoms with Crippen LogP contribution in [0.5, 0.6) is 0 Å². The maximum Gasteiger partial charge on any atom is 0.354 e. The van der Waals surface area contributed by atoms with E-state index in [1.807, 2.05) is 0 Å². The first-order chi connectivity index (χ1) is 8.79. The number of nitrogens with zero attached hydrogens (tertiary/aromatic N) is 1. The number of carboxylic acid groups (broad SMARTS) is 1. The summed E-state index contributed by atoms with van der Waals surface area (Å²) in [6.45, 7) is 0.229. The third kappa shape index (κ3) is 5.47. The number of rotatable bonds is 6.